The zero-order valence-corrected chi connectivity index (χ0v) is 16.1. The number of benzene rings is 2. The second-order valence-corrected chi connectivity index (χ2v) is 7.30. The fourth-order valence-corrected chi connectivity index (χ4v) is 3.16. The number of carbonyl (C=O) groups excluding carboxylic acids is 1. The average Bonchev–Trinajstić information content (AvgIpc) is 2.85. The zero-order valence-electron chi connectivity index (χ0n) is 11.0. The number of cyclic esters (lactones) is 1. The summed E-state index contributed by atoms with van der Waals surface area (Å²) in [6.07, 6.45) is 1.72. The summed E-state index contributed by atoms with van der Waals surface area (Å²) in [6, 6.07) is 13.2. The first-order valence-corrected chi connectivity index (χ1v) is 8.80. The Balaban J connectivity index is 2.02. The molecule has 0 spiro atoms. The van der Waals surface area contributed by atoms with Gasteiger partial charge in [-0.25, -0.2) is 9.79 Å². The lowest BCUT2D eigenvalue weighted by Crippen LogP contribution is -2.06. The first kappa shape index (κ1) is 15.9. The lowest BCUT2D eigenvalue weighted by Gasteiger charge is -2.02. The first-order valence-electron chi connectivity index (χ1n) is 6.27. The number of aliphatic imine (C=N–C) groups is 1. The molecule has 0 atom stereocenters. The van der Waals surface area contributed by atoms with Gasteiger partial charge in [-0.3, -0.25) is 0 Å². The van der Waals surface area contributed by atoms with E-state index in [1.54, 1.807) is 12.1 Å². The molecule has 1 heterocycles. The van der Waals surface area contributed by atoms with E-state index >= 15 is 0 Å². The van der Waals surface area contributed by atoms with Gasteiger partial charge < -0.3 is 4.74 Å². The Morgan fingerprint density at radius 2 is 1.91 bits per heavy atom. The number of ether oxygens (including phenoxy) is 1. The largest absolute Gasteiger partial charge is 0.402 e. The Hall–Kier alpha value is -0.930. The summed E-state index contributed by atoms with van der Waals surface area (Å²) in [5.41, 5.74) is 1.82. The molecular weight excluding hydrogens is 527 g/mol. The molecular formula is C16H8ClI2NO2. The van der Waals surface area contributed by atoms with Crippen molar-refractivity contribution in [2.45, 2.75) is 0 Å². The van der Waals surface area contributed by atoms with Gasteiger partial charge in [-0.2, -0.15) is 0 Å². The molecule has 1 aliphatic rings. The lowest BCUT2D eigenvalue weighted by molar-refractivity contribution is -0.129. The molecule has 0 unspecified atom stereocenters. The number of esters is 1. The normalized spacial score (nSPS) is 15.9. The van der Waals surface area contributed by atoms with E-state index in [2.05, 4.69) is 50.2 Å². The van der Waals surface area contributed by atoms with Crippen LogP contribution in [0.15, 0.2) is 53.2 Å². The highest BCUT2D eigenvalue weighted by atomic mass is 127. The SMILES string of the molecule is O=C1OC(c2cc(I)ccc2Cl)=N/C1=C/c1ccccc1I. The maximum atomic E-state index is 12.0. The Labute approximate surface area is 159 Å². The van der Waals surface area contributed by atoms with Gasteiger partial charge in [0.25, 0.3) is 0 Å². The van der Waals surface area contributed by atoms with Crippen molar-refractivity contribution in [3.8, 4) is 0 Å². The van der Waals surface area contributed by atoms with Crippen LogP contribution in [0.3, 0.4) is 0 Å². The maximum Gasteiger partial charge on any atom is 0.363 e. The highest BCUT2D eigenvalue weighted by Crippen LogP contribution is 2.26. The molecule has 0 aromatic heterocycles. The smallest absolute Gasteiger partial charge is 0.363 e. The fraction of sp³-hybridized carbons (Fsp3) is 0. The minimum Gasteiger partial charge on any atom is -0.402 e. The molecule has 0 amide bonds. The van der Waals surface area contributed by atoms with Crippen LogP contribution in [0.2, 0.25) is 5.02 Å². The van der Waals surface area contributed by atoms with E-state index in [1.165, 1.54) is 0 Å². The molecule has 6 heteroatoms. The second kappa shape index (κ2) is 6.67. The Bertz CT molecular complexity index is 831. The number of nitrogens with zero attached hydrogens (tertiary/aromatic N) is 1. The fourth-order valence-electron chi connectivity index (χ4n) is 1.93. The topological polar surface area (TPSA) is 38.7 Å². The zero-order chi connectivity index (χ0) is 15.7. The van der Waals surface area contributed by atoms with Gasteiger partial charge in [0.15, 0.2) is 5.70 Å². The van der Waals surface area contributed by atoms with Crippen molar-refractivity contribution < 1.29 is 9.53 Å². The predicted molar refractivity (Wildman–Crippen MR) is 104 cm³/mol. The van der Waals surface area contributed by atoms with E-state index in [0.717, 1.165) is 12.7 Å². The molecule has 0 saturated heterocycles. The van der Waals surface area contributed by atoms with Crippen molar-refractivity contribution in [1.29, 1.82) is 0 Å². The molecule has 3 rings (SSSR count). The third-order valence-electron chi connectivity index (χ3n) is 2.98. The number of carbonyl (C=O) groups is 1. The Morgan fingerprint density at radius 1 is 1.14 bits per heavy atom. The molecule has 1 aliphatic heterocycles. The van der Waals surface area contributed by atoms with Gasteiger partial charge in [0.05, 0.1) is 10.6 Å². The van der Waals surface area contributed by atoms with Crippen LogP contribution in [0.25, 0.3) is 6.08 Å². The highest BCUT2D eigenvalue weighted by Gasteiger charge is 2.25. The molecule has 2 aromatic rings. The molecule has 0 N–H and O–H groups in total. The second-order valence-electron chi connectivity index (χ2n) is 4.48. The van der Waals surface area contributed by atoms with E-state index in [-0.39, 0.29) is 11.6 Å². The van der Waals surface area contributed by atoms with Crippen LogP contribution in [0.1, 0.15) is 11.1 Å². The Morgan fingerprint density at radius 3 is 2.68 bits per heavy atom. The molecule has 110 valence electrons. The van der Waals surface area contributed by atoms with E-state index in [4.69, 9.17) is 16.3 Å². The van der Waals surface area contributed by atoms with Crippen LogP contribution < -0.4 is 0 Å². The van der Waals surface area contributed by atoms with Crippen molar-refractivity contribution in [3.63, 3.8) is 0 Å². The predicted octanol–water partition coefficient (Wildman–Crippen LogP) is 4.89. The highest BCUT2D eigenvalue weighted by molar-refractivity contribution is 14.1. The molecule has 3 nitrogen and oxygen atoms in total. The van der Waals surface area contributed by atoms with Crippen LogP contribution in [-0.4, -0.2) is 11.9 Å². The maximum absolute atomic E-state index is 12.0. The van der Waals surface area contributed by atoms with Crippen LogP contribution in [-0.2, 0) is 9.53 Å². The van der Waals surface area contributed by atoms with Crippen molar-refractivity contribution in [3.05, 3.63) is 71.5 Å². The molecule has 0 bridgehead atoms. The number of halogens is 3. The summed E-state index contributed by atoms with van der Waals surface area (Å²) in [5.74, 6) is -0.227. The quantitative estimate of drug-likeness (QED) is 0.312. The molecule has 0 aliphatic carbocycles. The van der Waals surface area contributed by atoms with Crippen LogP contribution >= 0.6 is 56.8 Å². The molecule has 22 heavy (non-hydrogen) atoms. The van der Waals surface area contributed by atoms with Gasteiger partial charge in [-0.15, -0.1) is 0 Å². The van der Waals surface area contributed by atoms with E-state index in [0.29, 0.717) is 10.6 Å². The van der Waals surface area contributed by atoms with Crippen molar-refractivity contribution in [1.82, 2.24) is 0 Å². The Kier molecular flexibility index (Phi) is 4.84. The summed E-state index contributed by atoms with van der Waals surface area (Å²) >= 11 is 10.5. The third kappa shape index (κ3) is 3.36. The van der Waals surface area contributed by atoms with Gasteiger partial charge in [-0.05, 0) is 81.1 Å². The minimum atomic E-state index is -0.468. The average molecular weight is 536 g/mol. The minimum absolute atomic E-state index is 0.241. The number of hydrogen-bond donors (Lipinski definition) is 0. The molecule has 0 fully saturated rings. The third-order valence-corrected chi connectivity index (χ3v) is 4.96. The van der Waals surface area contributed by atoms with Gasteiger partial charge in [0.2, 0.25) is 5.90 Å². The van der Waals surface area contributed by atoms with E-state index < -0.39 is 5.97 Å². The van der Waals surface area contributed by atoms with E-state index in [9.17, 15) is 4.79 Å². The van der Waals surface area contributed by atoms with Crippen molar-refractivity contribution in [2.75, 3.05) is 0 Å². The first-order chi connectivity index (χ1) is 10.5. The monoisotopic (exact) mass is 535 g/mol. The summed E-state index contributed by atoms with van der Waals surface area (Å²) in [6.45, 7) is 0. The molecule has 0 saturated carbocycles. The van der Waals surface area contributed by atoms with E-state index in [1.807, 2.05) is 36.4 Å². The standard InChI is InChI=1S/C16H8ClI2NO2/c17-12-6-5-10(18)8-11(12)15-20-14(16(21)22-15)7-9-3-1-2-4-13(9)19/h1-8H/b14-7+. The molecule has 0 radical (unpaired) electrons. The van der Waals surface area contributed by atoms with Crippen LogP contribution in [0.5, 0.6) is 0 Å². The van der Waals surface area contributed by atoms with Gasteiger partial charge >= 0.3 is 5.97 Å². The summed E-state index contributed by atoms with van der Waals surface area (Å²) in [7, 11) is 0. The van der Waals surface area contributed by atoms with Gasteiger partial charge in [-0.1, -0.05) is 29.8 Å². The van der Waals surface area contributed by atoms with Gasteiger partial charge in [0, 0.05) is 7.14 Å². The van der Waals surface area contributed by atoms with Gasteiger partial charge in [0.1, 0.15) is 0 Å². The van der Waals surface area contributed by atoms with Crippen LogP contribution in [0, 0.1) is 7.14 Å². The number of hydrogen-bond acceptors (Lipinski definition) is 3. The van der Waals surface area contributed by atoms with Crippen molar-refractivity contribution >= 4 is 74.7 Å². The molecule has 2 aromatic carbocycles. The summed E-state index contributed by atoms with van der Waals surface area (Å²) in [5, 5.41) is 0.502. The summed E-state index contributed by atoms with van der Waals surface area (Å²) in [4.78, 5) is 16.3. The van der Waals surface area contributed by atoms with Crippen molar-refractivity contribution in [2.24, 2.45) is 4.99 Å². The number of rotatable bonds is 2. The summed E-state index contributed by atoms with van der Waals surface area (Å²) < 4.78 is 7.29. The lowest BCUT2D eigenvalue weighted by atomic mass is 10.2. The van der Waals surface area contributed by atoms with Crippen LogP contribution in [0.4, 0.5) is 0 Å².